The van der Waals surface area contributed by atoms with Gasteiger partial charge in [0, 0.05) is 26.6 Å². The molecule has 1 aromatic heterocycles. The second-order valence-corrected chi connectivity index (χ2v) is 12.5. The Morgan fingerprint density at radius 3 is 1.09 bits per heavy atom. The van der Waals surface area contributed by atoms with Crippen molar-refractivity contribution in [2.24, 2.45) is 0 Å². The van der Waals surface area contributed by atoms with Crippen molar-refractivity contribution in [3.63, 3.8) is 0 Å². The normalized spacial score (nSPS) is 11.0. The molecule has 8 aromatic rings. The van der Waals surface area contributed by atoms with Crippen molar-refractivity contribution in [3.05, 3.63) is 188 Å². The zero-order chi connectivity index (χ0) is 30.7. The molecule has 0 atom stereocenters. The van der Waals surface area contributed by atoms with Crippen molar-refractivity contribution in [3.8, 4) is 43.8 Å². The van der Waals surface area contributed by atoms with Crippen LogP contribution in [-0.4, -0.2) is 0 Å². The summed E-state index contributed by atoms with van der Waals surface area (Å²) in [5.41, 5.74) is 11.9. The van der Waals surface area contributed by atoms with Gasteiger partial charge in [-0.3, -0.25) is 0 Å². The van der Waals surface area contributed by atoms with Crippen LogP contribution in [0.25, 0.3) is 53.9 Å². The van der Waals surface area contributed by atoms with Crippen LogP contribution in [0, 0.1) is 0 Å². The minimum absolute atomic E-state index is 1.12. The van der Waals surface area contributed by atoms with E-state index in [1.165, 1.54) is 53.9 Å². The van der Waals surface area contributed by atoms with Gasteiger partial charge in [-0.2, -0.15) is 0 Å². The number of thiophene rings is 1. The van der Waals surface area contributed by atoms with E-state index in [-0.39, 0.29) is 0 Å². The molecule has 2 heteroatoms. The first kappa shape index (κ1) is 27.8. The van der Waals surface area contributed by atoms with Gasteiger partial charge in [0.1, 0.15) is 0 Å². The topological polar surface area (TPSA) is 3.24 Å². The fourth-order valence-corrected chi connectivity index (χ4v) is 7.14. The molecular weight excluding hydrogens is 575 g/mol. The highest BCUT2D eigenvalue weighted by Gasteiger charge is 2.14. The van der Waals surface area contributed by atoms with Gasteiger partial charge in [-0.25, -0.2) is 0 Å². The van der Waals surface area contributed by atoms with Gasteiger partial charge in [-0.1, -0.05) is 140 Å². The number of nitrogens with zero attached hydrogens (tertiary/aromatic N) is 1. The summed E-state index contributed by atoms with van der Waals surface area (Å²) in [6.45, 7) is 0. The predicted molar refractivity (Wildman–Crippen MR) is 198 cm³/mol. The van der Waals surface area contributed by atoms with Crippen LogP contribution in [0.2, 0.25) is 0 Å². The van der Waals surface area contributed by atoms with Gasteiger partial charge in [0.25, 0.3) is 0 Å². The molecule has 1 nitrogen and oxygen atoms in total. The van der Waals surface area contributed by atoms with Crippen molar-refractivity contribution in [1.29, 1.82) is 0 Å². The molecule has 0 unspecified atom stereocenters. The smallest absolute Gasteiger partial charge is 0.0462 e. The molecule has 8 rings (SSSR count). The summed E-state index contributed by atoms with van der Waals surface area (Å²) in [7, 11) is 0. The average Bonchev–Trinajstić information content (AvgIpc) is 3.58. The van der Waals surface area contributed by atoms with Crippen LogP contribution in [-0.2, 0) is 0 Å². The molecule has 7 aromatic carbocycles. The van der Waals surface area contributed by atoms with E-state index < -0.39 is 0 Å². The maximum atomic E-state index is 2.33. The second-order valence-electron chi connectivity index (χ2n) is 11.4. The standard InChI is InChI=1S/C44H31NS/c1-3-9-32(10-4-1)35-19-25-40(26-20-35)45(41-27-21-36(22-28-41)33-11-5-2-6-12-33)42-29-23-37(24-30-42)34-15-17-38(18-16-34)44-31-39-13-7-8-14-43(39)46-44/h1-31H. The fourth-order valence-electron chi connectivity index (χ4n) is 6.07. The van der Waals surface area contributed by atoms with Crippen molar-refractivity contribution in [2.45, 2.75) is 0 Å². The lowest BCUT2D eigenvalue weighted by Crippen LogP contribution is -2.09. The number of rotatable bonds is 7. The van der Waals surface area contributed by atoms with Crippen LogP contribution >= 0.6 is 11.3 Å². The summed E-state index contributed by atoms with van der Waals surface area (Å²) in [4.78, 5) is 3.63. The molecule has 0 bridgehead atoms. The van der Waals surface area contributed by atoms with E-state index in [0.29, 0.717) is 0 Å². The number of hydrogen-bond acceptors (Lipinski definition) is 2. The SMILES string of the molecule is c1ccc(-c2ccc(N(c3ccc(-c4ccccc4)cc3)c3ccc(-c4ccc(-c5cc6ccccc6s5)cc4)cc3)cc2)cc1. The summed E-state index contributed by atoms with van der Waals surface area (Å²) in [5, 5.41) is 1.30. The molecule has 0 N–H and O–H groups in total. The maximum absolute atomic E-state index is 2.33. The monoisotopic (exact) mass is 605 g/mol. The molecule has 0 aliphatic heterocycles. The van der Waals surface area contributed by atoms with Gasteiger partial charge in [0.15, 0.2) is 0 Å². The zero-order valence-electron chi connectivity index (χ0n) is 25.3. The third-order valence-electron chi connectivity index (χ3n) is 8.52. The highest BCUT2D eigenvalue weighted by Crippen LogP contribution is 2.38. The highest BCUT2D eigenvalue weighted by molar-refractivity contribution is 7.22. The van der Waals surface area contributed by atoms with Crippen LogP contribution in [0.5, 0.6) is 0 Å². The number of hydrogen-bond donors (Lipinski definition) is 0. The van der Waals surface area contributed by atoms with E-state index in [0.717, 1.165) is 17.1 Å². The van der Waals surface area contributed by atoms with Gasteiger partial charge in [-0.05, 0) is 92.9 Å². The molecule has 0 spiro atoms. The average molecular weight is 606 g/mol. The quantitative estimate of drug-likeness (QED) is 0.175. The Morgan fingerprint density at radius 1 is 0.304 bits per heavy atom. The maximum Gasteiger partial charge on any atom is 0.0462 e. The third kappa shape index (κ3) is 5.63. The van der Waals surface area contributed by atoms with Gasteiger partial charge in [0.2, 0.25) is 0 Å². The molecule has 0 amide bonds. The van der Waals surface area contributed by atoms with Gasteiger partial charge in [-0.15, -0.1) is 11.3 Å². The summed E-state index contributed by atoms with van der Waals surface area (Å²) < 4.78 is 1.33. The first-order valence-electron chi connectivity index (χ1n) is 15.6. The highest BCUT2D eigenvalue weighted by atomic mass is 32.1. The van der Waals surface area contributed by atoms with Gasteiger partial charge < -0.3 is 4.90 Å². The molecule has 0 aliphatic rings. The molecular formula is C44H31NS. The van der Waals surface area contributed by atoms with Crippen LogP contribution in [0.4, 0.5) is 17.1 Å². The largest absolute Gasteiger partial charge is 0.311 e. The van der Waals surface area contributed by atoms with Crippen molar-refractivity contribution >= 4 is 38.5 Å². The minimum atomic E-state index is 1.12. The molecule has 0 fully saturated rings. The summed E-state index contributed by atoms with van der Waals surface area (Å²) in [6.07, 6.45) is 0. The molecule has 1 heterocycles. The Labute approximate surface area is 274 Å². The Morgan fingerprint density at radius 2 is 0.652 bits per heavy atom. The first-order chi connectivity index (χ1) is 22.8. The van der Waals surface area contributed by atoms with Crippen LogP contribution < -0.4 is 4.90 Å². The zero-order valence-corrected chi connectivity index (χ0v) is 26.1. The minimum Gasteiger partial charge on any atom is -0.311 e. The first-order valence-corrected chi connectivity index (χ1v) is 16.4. The van der Waals surface area contributed by atoms with E-state index in [9.17, 15) is 0 Å². The number of anilines is 3. The van der Waals surface area contributed by atoms with Crippen molar-refractivity contribution in [2.75, 3.05) is 4.90 Å². The third-order valence-corrected chi connectivity index (χ3v) is 9.68. The molecule has 0 saturated carbocycles. The molecule has 0 radical (unpaired) electrons. The van der Waals surface area contributed by atoms with Gasteiger partial charge in [0.05, 0.1) is 0 Å². The van der Waals surface area contributed by atoms with E-state index >= 15 is 0 Å². The van der Waals surface area contributed by atoms with Gasteiger partial charge >= 0.3 is 0 Å². The van der Waals surface area contributed by atoms with Crippen LogP contribution in [0.3, 0.4) is 0 Å². The van der Waals surface area contributed by atoms with Crippen molar-refractivity contribution in [1.82, 2.24) is 0 Å². The predicted octanol–water partition coefficient (Wildman–Crippen LogP) is 13.0. The Kier molecular flexibility index (Phi) is 7.47. The number of benzene rings is 7. The summed E-state index contributed by atoms with van der Waals surface area (Å²) in [6, 6.07) is 67.5. The second kappa shape index (κ2) is 12.4. The van der Waals surface area contributed by atoms with Crippen LogP contribution in [0.15, 0.2) is 188 Å². The Hall–Kier alpha value is -5.70. The van der Waals surface area contributed by atoms with E-state index in [1.807, 2.05) is 11.3 Å². The lowest BCUT2D eigenvalue weighted by Gasteiger charge is -2.26. The lowest BCUT2D eigenvalue weighted by molar-refractivity contribution is 1.28. The molecule has 0 aliphatic carbocycles. The molecule has 46 heavy (non-hydrogen) atoms. The Bertz CT molecular complexity index is 2080. The van der Waals surface area contributed by atoms with E-state index in [2.05, 4.69) is 193 Å². The Balaban J connectivity index is 1.11. The van der Waals surface area contributed by atoms with E-state index in [4.69, 9.17) is 0 Å². The van der Waals surface area contributed by atoms with Crippen molar-refractivity contribution < 1.29 is 0 Å². The van der Waals surface area contributed by atoms with Crippen LogP contribution in [0.1, 0.15) is 0 Å². The molecule has 218 valence electrons. The van der Waals surface area contributed by atoms with E-state index in [1.54, 1.807) is 0 Å². The number of fused-ring (bicyclic) bond motifs is 1. The summed E-state index contributed by atoms with van der Waals surface area (Å²) >= 11 is 1.85. The summed E-state index contributed by atoms with van der Waals surface area (Å²) in [5.74, 6) is 0. The molecule has 0 saturated heterocycles. The lowest BCUT2D eigenvalue weighted by atomic mass is 10.0. The fraction of sp³-hybridized carbons (Fsp3) is 0.